The number of carbonyl (C=O) groups is 1. The van der Waals surface area contributed by atoms with Crippen molar-refractivity contribution in [1.29, 1.82) is 10.5 Å². The second kappa shape index (κ2) is 12.6. The molecule has 1 saturated heterocycles. The number of hydrogen-bond donors (Lipinski definition) is 3. The molecule has 8 heteroatoms. The molecule has 4 aromatic rings. The lowest BCUT2D eigenvalue weighted by Gasteiger charge is -2.42. The molecule has 0 aliphatic carbocycles. The van der Waals surface area contributed by atoms with Gasteiger partial charge in [-0.2, -0.15) is 10.5 Å². The van der Waals surface area contributed by atoms with Crippen molar-refractivity contribution in [3.63, 3.8) is 0 Å². The second-order valence-corrected chi connectivity index (χ2v) is 10.4. The van der Waals surface area contributed by atoms with Gasteiger partial charge in [0.15, 0.2) is 0 Å². The van der Waals surface area contributed by atoms with E-state index in [-0.39, 0.29) is 23.8 Å². The van der Waals surface area contributed by atoms with Crippen LogP contribution in [0.15, 0.2) is 91.0 Å². The first-order chi connectivity index (χ1) is 20.4. The molecule has 0 atom stereocenters. The zero-order valence-electron chi connectivity index (χ0n) is 23.0. The Morgan fingerprint density at radius 1 is 0.833 bits per heavy atom. The topological polar surface area (TPSA) is 130 Å². The number of piperidine rings is 1. The number of likely N-dealkylation sites (tertiary alicyclic amines) is 1. The molecule has 8 nitrogen and oxygen atoms in total. The zero-order valence-corrected chi connectivity index (χ0v) is 23.0. The van der Waals surface area contributed by atoms with Gasteiger partial charge in [-0.3, -0.25) is 9.69 Å². The van der Waals surface area contributed by atoms with Crippen LogP contribution in [0.25, 0.3) is 11.1 Å². The number of hydrogen-bond acceptors (Lipinski definition) is 7. The fourth-order valence-corrected chi connectivity index (χ4v) is 5.33. The number of phenols is 2. The maximum Gasteiger partial charge on any atom is 0.250 e. The van der Waals surface area contributed by atoms with Crippen LogP contribution in [-0.4, -0.2) is 40.7 Å². The molecule has 0 bridgehead atoms. The fourth-order valence-electron chi connectivity index (χ4n) is 5.33. The van der Waals surface area contributed by atoms with Crippen LogP contribution in [0.5, 0.6) is 11.5 Å². The minimum absolute atomic E-state index is 0.155. The van der Waals surface area contributed by atoms with Crippen LogP contribution in [0, 0.1) is 22.7 Å². The zero-order chi connectivity index (χ0) is 29.5. The number of rotatable bonds is 8. The molecule has 0 saturated carbocycles. The Labute approximate surface area is 244 Å². The van der Waals surface area contributed by atoms with E-state index in [0.29, 0.717) is 24.0 Å². The van der Waals surface area contributed by atoms with Gasteiger partial charge >= 0.3 is 0 Å². The number of phenolic OH excluding ortho intramolecular Hbond substituents is 2. The summed E-state index contributed by atoms with van der Waals surface area (Å²) in [7, 11) is 0. The maximum absolute atomic E-state index is 12.8. The van der Waals surface area contributed by atoms with Crippen molar-refractivity contribution in [2.45, 2.75) is 25.0 Å². The van der Waals surface area contributed by atoms with E-state index in [4.69, 9.17) is 10.00 Å². The summed E-state index contributed by atoms with van der Waals surface area (Å²) in [6.45, 7) is 2.03. The van der Waals surface area contributed by atoms with Crippen LogP contribution < -0.4 is 5.32 Å². The number of carbonyl (C=O) groups excluding carboxylic acids is 1. The molecule has 210 valence electrons. The lowest BCUT2D eigenvalue weighted by molar-refractivity contribution is -0.135. The third-order valence-electron chi connectivity index (χ3n) is 7.55. The van der Waals surface area contributed by atoms with Gasteiger partial charge in [0.25, 0.3) is 0 Å². The summed E-state index contributed by atoms with van der Waals surface area (Å²) < 4.78 is 6.42. The molecule has 0 unspecified atom stereocenters. The quantitative estimate of drug-likeness (QED) is 0.255. The van der Waals surface area contributed by atoms with Gasteiger partial charge in [0, 0.05) is 43.5 Å². The van der Waals surface area contributed by atoms with E-state index in [9.17, 15) is 20.3 Å². The molecule has 1 heterocycles. The number of amides is 1. The van der Waals surface area contributed by atoms with Crippen molar-refractivity contribution < 1.29 is 19.7 Å². The van der Waals surface area contributed by atoms with Crippen molar-refractivity contribution in [2.24, 2.45) is 0 Å². The molecule has 3 N–H and O–H groups in total. The molecular weight excluding hydrogens is 528 g/mol. The number of anilines is 1. The van der Waals surface area contributed by atoms with Crippen molar-refractivity contribution in [3.05, 3.63) is 113 Å². The van der Waals surface area contributed by atoms with E-state index in [1.54, 1.807) is 6.07 Å². The molecule has 5 rings (SSSR count). The van der Waals surface area contributed by atoms with Crippen molar-refractivity contribution >= 4 is 11.6 Å². The molecule has 42 heavy (non-hydrogen) atoms. The van der Waals surface area contributed by atoms with E-state index in [1.807, 2.05) is 66.7 Å². The first-order valence-electron chi connectivity index (χ1n) is 13.7. The lowest BCUT2D eigenvalue weighted by atomic mass is 9.83. The number of aromatic hydroxyl groups is 2. The average molecular weight is 559 g/mol. The summed E-state index contributed by atoms with van der Waals surface area (Å²) in [5.41, 5.74) is 4.81. The molecule has 1 amide bonds. The van der Waals surface area contributed by atoms with Gasteiger partial charge in [0.1, 0.15) is 18.1 Å². The number of nitrogens with zero attached hydrogens (tertiary/aromatic N) is 3. The number of ether oxygens (including phenoxy) is 1. The third kappa shape index (κ3) is 6.76. The smallest absolute Gasteiger partial charge is 0.250 e. The molecule has 0 radical (unpaired) electrons. The largest absolute Gasteiger partial charge is 0.508 e. The Kier molecular flexibility index (Phi) is 8.50. The molecule has 1 fully saturated rings. The second-order valence-electron chi connectivity index (χ2n) is 10.4. The normalized spacial score (nSPS) is 14.4. The molecule has 1 aliphatic heterocycles. The Hall–Kier alpha value is -5.15. The SMILES string of the molecule is N#Cc1ccc(CN2CCC(OCC(=O)Nc3cc(O)cc(O)c3)(c3ccc(-c4cccc(C#N)c4)cc3)CC2)cc1. The highest BCUT2D eigenvalue weighted by Gasteiger charge is 2.38. The monoisotopic (exact) mass is 558 g/mol. The van der Waals surface area contributed by atoms with Crippen LogP contribution in [0.3, 0.4) is 0 Å². The van der Waals surface area contributed by atoms with Crippen LogP contribution in [0.2, 0.25) is 0 Å². The third-order valence-corrected chi connectivity index (χ3v) is 7.55. The standard InChI is InChI=1S/C34H30N4O4/c35-20-24-4-6-25(7-5-24)22-38-14-12-34(13-15-38,42-23-33(41)37-30-17-31(39)19-32(40)18-30)29-10-8-27(9-11-29)28-3-1-2-26(16-28)21-36/h1-11,16-19,39-40H,12-15,22-23H2,(H,37,41). The van der Waals surface area contributed by atoms with Gasteiger partial charge in [-0.1, -0.05) is 48.5 Å². The Morgan fingerprint density at radius 3 is 2.14 bits per heavy atom. The summed E-state index contributed by atoms with van der Waals surface area (Å²) in [4.78, 5) is 15.2. The van der Waals surface area contributed by atoms with E-state index >= 15 is 0 Å². The summed E-state index contributed by atoms with van der Waals surface area (Å²) in [5, 5.41) is 40.5. The number of benzene rings is 4. The highest BCUT2D eigenvalue weighted by molar-refractivity contribution is 5.92. The van der Waals surface area contributed by atoms with Crippen molar-refractivity contribution in [1.82, 2.24) is 4.90 Å². The van der Waals surface area contributed by atoms with Crippen LogP contribution in [0.1, 0.15) is 35.1 Å². The van der Waals surface area contributed by atoms with Gasteiger partial charge in [0.05, 0.1) is 28.9 Å². The summed E-state index contributed by atoms with van der Waals surface area (Å²) in [5.74, 6) is -0.709. The van der Waals surface area contributed by atoms with Crippen molar-refractivity contribution in [3.8, 4) is 34.8 Å². The average Bonchev–Trinajstić information content (AvgIpc) is 3.01. The van der Waals surface area contributed by atoms with Crippen LogP contribution in [0.4, 0.5) is 5.69 Å². The van der Waals surface area contributed by atoms with Crippen molar-refractivity contribution in [2.75, 3.05) is 25.0 Å². The fraction of sp³-hybridized carbons (Fsp3) is 0.206. The maximum atomic E-state index is 12.8. The van der Waals surface area contributed by atoms with Crippen LogP contribution in [-0.2, 0) is 21.7 Å². The predicted molar refractivity (Wildman–Crippen MR) is 158 cm³/mol. The minimum atomic E-state index is -0.702. The van der Waals surface area contributed by atoms with E-state index in [1.165, 1.54) is 18.2 Å². The van der Waals surface area contributed by atoms with Gasteiger partial charge in [-0.05, 0) is 59.4 Å². The minimum Gasteiger partial charge on any atom is -0.508 e. The summed E-state index contributed by atoms with van der Waals surface area (Å²) in [6, 6.07) is 31.3. The first kappa shape index (κ1) is 28.4. The first-order valence-corrected chi connectivity index (χ1v) is 13.7. The Bertz CT molecular complexity index is 1620. The van der Waals surface area contributed by atoms with Gasteiger partial charge in [-0.25, -0.2) is 0 Å². The molecule has 4 aromatic carbocycles. The number of nitrogens with one attached hydrogen (secondary N) is 1. The Balaban J connectivity index is 1.33. The molecular formula is C34H30N4O4. The van der Waals surface area contributed by atoms with E-state index < -0.39 is 11.5 Å². The van der Waals surface area contributed by atoms with E-state index in [2.05, 4.69) is 22.4 Å². The predicted octanol–water partition coefficient (Wildman–Crippen LogP) is 5.65. The Morgan fingerprint density at radius 2 is 1.50 bits per heavy atom. The highest BCUT2D eigenvalue weighted by Crippen LogP contribution is 2.38. The van der Waals surface area contributed by atoms with Gasteiger partial charge < -0.3 is 20.3 Å². The van der Waals surface area contributed by atoms with E-state index in [0.717, 1.165) is 41.9 Å². The van der Waals surface area contributed by atoms with Gasteiger partial charge in [0.2, 0.25) is 5.91 Å². The highest BCUT2D eigenvalue weighted by atomic mass is 16.5. The van der Waals surface area contributed by atoms with Gasteiger partial charge in [-0.15, -0.1) is 0 Å². The number of nitriles is 2. The molecule has 1 aliphatic rings. The molecule has 0 aromatic heterocycles. The summed E-state index contributed by atoms with van der Waals surface area (Å²) in [6.07, 6.45) is 1.32. The summed E-state index contributed by atoms with van der Waals surface area (Å²) >= 11 is 0. The lowest BCUT2D eigenvalue weighted by Crippen LogP contribution is -2.45. The van der Waals surface area contributed by atoms with Crippen LogP contribution >= 0.6 is 0 Å². The molecule has 0 spiro atoms.